The summed E-state index contributed by atoms with van der Waals surface area (Å²) in [6.07, 6.45) is -0.651. The van der Waals surface area contributed by atoms with Crippen LogP contribution in [0, 0.1) is 5.82 Å². The van der Waals surface area contributed by atoms with Gasteiger partial charge >= 0.3 is 0 Å². The van der Waals surface area contributed by atoms with Crippen LogP contribution in [0.4, 0.5) is 4.39 Å². The molecule has 1 aromatic carbocycles. The molecule has 106 valence electrons. The van der Waals surface area contributed by atoms with Crippen molar-refractivity contribution >= 4 is 21.8 Å². The zero-order valence-electron chi connectivity index (χ0n) is 11.0. The van der Waals surface area contributed by atoms with E-state index in [1.54, 1.807) is 6.07 Å². The van der Waals surface area contributed by atoms with Crippen LogP contribution < -0.4 is 5.73 Å². The van der Waals surface area contributed by atoms with Gasteiger partial charge in [-0.25, -0.2) is 4.39 Å². The van der Waals surface area contributed by atoms with Crippen molar-refractivity contribution in [1.82, 2.24) is 0 Å². The summed E-state index contributed by atoms with van der Waals surface area (Å²) in [5, 5.41) is 0. The first-order valence-corrected chi connectivity index (χ1v) is 6.84. The molecule has 1 aromatic rings. The molecule has 4 nitrogen and oxygen atoms in total. The Morgan fingerprint density at radius 2 is 2.00 bits per heavy atom. The summed E-state index contributed by atoms with van der Waals surface area (Å²) < 4.78 is 24.6. The van der Waals surface area contributed by atoms with Gasteiger partial charge in [0.2, 0.25) is 6.29 Å². The molecule has 19 heavy (non-hydrogen) atoms. The first-order chi connectivity index (χ1) is 9.08. The quantitative estimate of drug-likeness (QED) is 0.474. The number of aliphatic imine (C=N–C) groups is 1. The van der Waals surface area contributed by atoms with Gasteiger partial charge in [0.05, 0.1) is 6.54 Å². The predicted molar refractivity (Wildman–Crippen MR) is 76.5 cm³/mol. The molecule has 0 fully saturated rings. The van der Waals surface area contributed by atoms with Crippen molar-refractivity contribution in [3.63, 3.8) is 0 Å². The molecule has 0 aromatic heterocycles. The van der Waals surface area contributed by atoms with Crippen LogP contribution >= 0.6 is 15.9 Å². The van der Waals surface area contributed by atoms with Crippen LogP contribution in [0.3, 0.4) is 0 Å². The van der Waals surface area contributed by atoms with Crippen LogP contribution in [0.25, 0.3) is 0 Å². The second kappa shape index (κ2) is 8.24. The largest absolute Gasteiger partial charge is 0.383 e. The van der Waals surface area contributed by atoms with E-state index in [-0.39, 0.29) is 18.2 Å². The van der Waals surface area contributed by atoms with Gasteiger partial charge in [0, 0.05) is 17.7 Å². The van der Waals surface area contributed by atoms with Gasteiger partial charge in [-0.1, -0.05) is 15.9 Å². The minimum Gasteiger partial charge on any atom is -0.383 e. The number of halogens is 2. The molecule has 0 amide bonds. The van der Waals surface area contributed by atoms with E-state index in [0.29, 0.717) is 13.2 Å². The molecule has 6 heteroatoms. The van der Waals surface area contributed by atoms with E-state index in [2.05, 4.69) is 20.9 Å². The fraction of sp³-hybridized carbons (Fsp3) is 0.462. The Balaban J connectivity index is 2.75. The van der Waals surface area contributed by atoms with E-state index < -0.39 is 6.29 Å². The third kappa shape index (κ3) is 5.26. The second-order valence-electron chi connectivity index (χ2n) is 3.72. The number of nitrogens with two attached hydrogens (primary N) is 1. The highest BCUT2D eigenvalue weighted by Gasteiger charge is 2.12. The third-order valence-corrected chi connectivity index (χ3v) is 3.09. The lowest BCUT2D eigenvalue weighted by Gasteiger charge is -2.16. The highest BCUT2D eigenvalue weighted by molar-refractivity contribution is 9.10. The third-order valence-electron chi connectivity index (χ3n) is 2.32. The summed E-state index contributed by atoms with van der Waals surface area (Å²) >= 11 is 3.34. The highest BCUT2D eigenvalue weighted by Crippen LogP contribution is 2.18. The maximum absolute atomic E-state index is 13.1. The van der Waals surface area contributed by atoms with E-state index in [4.69, 9.17) is 15.2 Å². The van der Waals surface area contributed by atoms with Gasteiger partial charge in [-0.2, -0.15) is 0 Å². The summed E-state index contributed by atoms with van der Waals surface area (Å²) in [5.41, 5.74) is 6.53. The highest BCUT2D eigenvalue weighted by atomic mass is 79.9. The molecule has 0 heterocycles. The lowest BCUT2D eigenvalue weighted by molar-refractivity contribution is -0.0907. The number of ether oxygens (including phenoxy) is 2. The van der Waals surface area contributed by atoms with E-state index >= 15 is 0 Å². The molecule has 2 N–H and O–H groups in total. The Bertz CT molecular complexity index is 435. The van der Waals surface area contributed by atoms with E-state index in [1.165, 1.54) is 12.1 Å². The Labute approximate surface area is 120 Å². The number of nitrogens with zero attached hydrogens (tertiary/aromatic N) is 1. The van der Waals surface area contributed by atoms with Crippen LogP contribution in [0.1, 0.15) is 19.4 Å². The summed E-state index contributed by atoms with van der Waals surface area (Å²) in [5.74, 6) is -0.0574. The summed E-state index contributed by atoms with van der Waals surface area (Å²) in [6.45, 7) is 4.92. The number of hydrogen-bond acceptors (Lipinski definition) is 3. The van der Waals surface area contributed by atoms with Crippen LogP contribution in [0.5, 0.6) is 0 Å². The molecule has 0 unspecified atom stereocenters. The Morgan fingerprint density at radius 1 is 1.37 bits per heavy atom. The van der Waals surface area contributed by atoms with Crippen molar-refractivity contribution in [2.24, 2.45) is 10.7 Å². The minimum absolute atomic E-state index is 0.250. The lowest BCUT2D eigenvalue weighted by atomic mass is 10.2. The fourth-order valence-corrected chi connectivity index (χ4v) is 1.81. The summed E-state index contributed by atoms with van der Waals surface area (Å²) in [7, 11) is 0. The Hall–Kier alpha value is -0.980. The summed E-state index contributed by atoms with van der Waals surface area (Å²) in [6, 6.07) is 4.43. The maximum atomic E-state index is 13.1. The van der Waals surface area contributed by atoms with E-state index in [1.807, 2.05) is 13.8 Å². The van der Waals surface area contributed by atoms with Crippen LogP contribution in [0.2, 0.25) is 0 Å². The molecule has 0 bridgehead atoms. The van der Waals surface area contributed by atoms with Gasteiger partial charge < -0.3 is 15.2 Å². The number of benzene rings is 1. The van der Waals surface area contributed by atoms with Crippen molar-refractivity contribution < 1.29 is 13.9 Å². The van der Waals surface area contributed by atoms with Gasteiger partial charge in [0.1, 0.15) is 5.82 Å². The molecule has 1 rings (SSSR count). The second-order valence-corrected chi connectivity index (χ2v) is 4.57. The van der Waals surface area contributed by atoms with Crippen molar-refractivity contribution in [2.75, 3.05) is 13.2 Å². The summed E-state index contributed by atoms with van der Waals surface area (Å²) in [4.78, 5) is 4.18. The normalized spacial score (nSPS) is 12.2. The first kappa shape index (κ1) is 16.1. The van der Waals surface area contributed by atoms with Crippen molar-refractivity contribution in [3.05, 3.63) is 34.1 Å². The Morgan fingerprint density at radius 3 is 2.58 bits per heavy atom. The first-order valence-electron chi connectivity index (χ1n) is 6.05. The van der Waals surface area contributed by atoms with Crippen LogP contribution in [-0.4, -0.2) is 25.3 Å². The van der Waals surface area contributed by atoms with Gasteiger partial charge in [-0.15, -0.1) is 0 Å². The number of hydrogen-bond donors (Lipinski definition) is 1. The average Bonchev–Trinajstić information content (AvgIpc) is 2.39. The van der Waals surface area contributed by atoms with Crippen LogP contribution in [-0.2, 0) is 16.0 Å². The molecule has 0 spiro atoms. The molecule has 0 radical (unpaired) electrons. The monoisotopic (exact) mass is 332 g/mol. The molecule has 0 saturated carbocycles. The number of rotatable bonds is 7. The van der Waals surface area contributed by atoms with Crippen LogP contribution in [0.15, 0.2) is 27.7 Å². The van der Waals surface area contributed by atoms with Gasteiger partial charge in [-0.3, -0.25) is 4.99 Å². The van der Waals surface area contributed by atoms with Gasteiger partial charge in [-0.05, 0) is 37.6 Å². The maximum Gasteiger partial charge on any atom is 0.216 e. The average molecular weight is 333 g/mol. The standard InChI is InChI=1S/C13H18BrFN2O2/c1-3-18-13(19-4-2)12(16)17-8-9-7-10(15)5-6-11(9)14/h5-7,13H,3-4,8H2,1-2H3,(H2,16,17). The van der Waals surface area contributed by atoms with Gasteiger partial charge in [0.25, 0.3) is 0 Å². The topological polar surface area (TPSA) is 56.8 Å². The minimum atomic E-state index is -0.651. The van der Waals surface area contributed by atoms with Gasteiger partial charge in [0.15, 0.2) is 5.84 Å². The SMILES string of the molecule is CCOC(OCC)C(N)=NCc1cc(F)ccc1Br. The molecule has 0 saturated heterocycles. The zero-order valence-corrected chi connectivity index (χ0v) is 12.6. The zero-order chi connectivity index (χ0) is 14.3. The molecular weight excluding hydrogens is 315 g/mol. The fourth-order valence-electron chi connectivity index (χ4n) is 1.44. The molecular formula is C13H18BrFN2O2. The smallest absolute Gasteiger partial charge is 0.216 e. The lowest BCUT2D eigenvalue weighted by Crippen LogP contribution is -2.34. The molecule has 0 atom stereocenters. The molecule has 0 aliphatic carbocycles. The molecule has 0 aliphatic rings. The molecule has 0 aliphatic heterocycles. The van der Waals surface area contributed by atoms with Crippen molar-refractivity contribution in [2.45, 2.75) is 26.7 Å². The predicted octanol–water partition coefficient (Wildman–Crippen LogP) is 2.84. The Kier molecular flexibility index (Phi) is 6.97. The van der Waals surface area contributed by atoms with E-state index in [0.717, 1.165) is 10.0 Å². The van der Waals surface area contributed by atoms with E-state index in [9.17, 15) is 4.39 Å². The number of amidine groups is 1. The van der Waals surface area contributed by atoms with Crippen molar-refractivity contribution in [3.8, 4) is 0 Å². The van der Waals surface area contributed by atoms with Crippen molar-refractivity contribution in [1.29, 1.82) is 0 Å².